The third-order valence-corrected chi connectivity index (χ3v) is 3.60. The minimum atomic E-state index is 0.872. The third-order valence-electron chi connectivity index (χ3n) is 3.60. The standard InChI is InChI=1S/C22H19N/c1-4-10-19(11-5-1)16-17-22(21-14-8-3-9-15-21)23-18-20-12-6-2-7-13-20/h1-15,17-18H,16H2/b22-17-,23-18?. The molecule has 0 aromatic heterocycles. The Balaban J connectivity index is 1.86. The Morgan fingerprint density at radius 2 is 1.26 bits per heavy atom. The maximum Gasteiger partial charge on any atom is 0.0665 e. The van der Waals surface area contributed by atoms with Gasteiger partial charge in [0.2, 0.25) is 0 Å². The average molecular weight is 297 g/mol. The van der Waals surface area contributed by atoms with Gasteiger partial charge in [-0.2, -0.15) is 0 Å². The van der Waals surface area contributed by atoms with E-state index in [-0.39, 0.29) is 0 Å². The van der Waals surface area contributed by atoms with Crippen LogP contribution in [0, 0.1) is 0 Å². The molecule has 0 spiro atoms. The summed E-state index contributed by atoms with van der Waals surface area (Å²) in [6.07, 6.45) is 4.98. The van der Waals surface area contributed by atoms with Crippen LogP contribution in [0.2, 0.25) is 0 Å². The second-order valence-electron chi connectivity index (χ2n) is 5.31. The molecule has 0 fully saturated rings. The van der Waals surface area contributed by atoms with E-state index in [4.69, 9.17) is 4.99 Å². The first-order valence-electron chi connectivity index (χ1n) is 7.80. The van der Waals surface area contributed by atoms with Crippen LogP contribution >= 0.6 is 0 Å². The first kappa shape index (κ1) is 15.0. The summed E-state index contributed by atoms with van der Waals surface area (Å²) in [5, 5.41) is 0. The van der Waals surface area contributed by atoms with Gasteiger partial charge in [-0.15, -0.1) is 0 Å². The van der Waals surface area contributed by atoms with Gasteiger partial charge in [0.25, 0.3) is 0 Å². The zero-order chi connectivity index (χ0) is 15.7. The van der Waals surface area contributed by atoms with E-state index < -0.39 is 0 Å². The third kappa shape index (κ3) is 4.52. The lowest BCUT2D eigenvalue weighted by Gasteiger charge is -2.03. The number of benzene rings is 3. The first-order chi connectivity index (χ1) is 11.4. The zero-order valence-electron chi connectivity index (χ0n) is 13.0. The topological polar surface area (TPSA) is 12.4 Å². The summed E-state index contributed by atoms with van der Waals surface area (Å²) in [5.41, 5.74) is 4.53. The fraction of sp³-hybridized carbons (Fsp3) is 0.0455. The van der Waals surface area contributed by atoms with E-state index in [9.17, 15) is 0 Å². The average Bonchev–Trinajstić information content (AvgIpc) is 2.64. The molecule has 0 unspecified atom stereocenters. The number of allylic oxidation sites excluding steroid dienone is 1. The molecule has 23 heavy (non-hydrogen) atoms. The van der Waals surface area contributed by atoms with Crippen LogP contribution < -0.4 is 0 Å². The van der Waals surface area contributed by atoms with Crippen molar-refractivity contribution in [3.63, 3.8) is 0 Å². The van der Waals surface area contributed by atoms with Crippen LogP contribution in [0.1, 0.15) is 16.7 Å². The highest BCUT2D eigenvalue weighted by molar-refractivity contribution is 5.85. The quantitative estimate of drug-likeness (QED) is 0.560. The molecule has 0 bridgehead atoms. The predicted octanol–water partition coefficient (Wildman–Crippen LogP) is 5.39. The number of rotatable bonds is 5. The van der Waals surface area contributed by atoms with Crippen molar-refractivity contribution in [3.05, 3.63) is 114 Å². The van der Waals surface area contributed by atoms with Crippen molar-refractivity contribution in [2.75, 3.05) is 0 Å². The molecular formula is C22H19N. The van der Waals surface area contributed by atoms with E-state index in [0.717, 1.165) is 23.2 Å². The molecule has 3 aromatic rings. The van der Waals surface area contributed by atoms with Crippen LogP contribution in [-0.4, -0.2) is 6.21 Å². The van der Waals surface area contributed by atoms with E-state index in [0.29, 0.717) is 0 Å². The van der Waals surface area contributed by atoms with Gasteiger partial charge in [0, 0.05) is 6.21 Å². The molecule has 1 heteroatoms. The molecule has 112 valence electrons. The highest BCUT2D eigenvalue weighted by atomic mass is 14.7. The summed E-state index contributed by atoms with van der Waals surface area (Å²) in [4.78, 5) is 4.72. The van der Waals surface area contributed by atoms with Crippen LogP contribution in [0.5, 0.6) is 0 Å². The summed E-state index contributed by atoms with van der Waals surface area (Å²) in [7, 11) is 0. The van der Waals surface area contributed by atoms with E-state index in [1.54, 1.807) is 0 Å². The number of hydrogen-bond acceptors (Lipinski definition) is 1. The molecule has 0 N–H and O–H groups in total. The van der Waals surface area contributed by atoms with Gasteiger partial charge < -0.3 is 0 Å². The Morgan fingerprint density at radius 1 is 0.696 bits per heavy atom. The van der Waals surface area contributed by atoms with Crippen LogP contribution in [0.15, 0.2) is 102 Å². The Labute approximate surface area is 137 Å². The summed E-state index contributed by atoms with van der Waals surface area (Å²) in [5.74, 6) is 0. The van der Waals surface area contributed by atoms with E-state index >= 15 is 0 Å². The summed E-state index contributed by atoms with van der Waals surface area (Å²) in [6.45, 7) is 0. The van der Waals surface area contributed by atoms with Gasteiger partial charge in [0.05, 0.1) is 5.70 Å². The molecular weight excluding hydrogens is 278 g/mol. The fourth-order valence-electron chi connectivity index (χ4n) is 2.37. The van der Waals surface area contributed by atoms with Crippen molar-refractivity contribution in [3.8, 4) is 0 Å². The van der Waals surface area contributed by atoms with Gasteiger partial charge in [-0.05, 0) is 23.1 Å². The lowest BCUT2D eigenvalue weighted by molar-refractivity contribution is 1.26. The van der Waals surface area contributed by atoms with Crippen LogP contribution in [0.25, 0.3) is 5.70 Å². The largest absolute Gasteiger partial charge is 0.256 e. The highest BCUT2D eigenvalue weighted by Gasteiger charge is 1.99. The maximum atomic E-state index is 4.72. The van der Waals surface area contributed by atoms with Gasteiger partial charge in [-0.3, -0.25) is 4.99 Å². The van der Waals surface area contributed by atoms with Gasteiger partial charge in [0.1, 0.15) is 0 Å². The molecule has 0 radical (unpaired) electrons. The number of nitrogens with zero attached hydrogens (tertiary/aromatic N) is 1. The Hall–Kier alpha value is -2.93. The molecule has 0 heterocycles. The molecule has 0 amide bonds. The van der Waals surface area contributed by atoms with Crippen LogP contribution in [-0.2, 0) is 6.42 Å². The van der Waals surface area contributed by atoms with E-state index in [2.05, 4.69) is 54.6 Å². The lowest BCUT2D eigenvalue weighted by Crippen LogP contribution is -1.87. The monoisotopic (exact) mass is 297 g/mol. The maximum absolute atomic E-state index is 4.72. The van der Waals surface area contributed by atoms with E-state index in [1.807, 2.05) is 48.7 Å². The number of hydrogen-bond donors (Lipinski definition) is 0. The predicted molar refractivity (Wildman–Crippen MR) is 98.6 cm³/mol. The molecule has 0 aliphatic heterocycles. The van der Waals surface area contributed by atoms with Crippen molar-refractivity contribution < 1.29 is 0 Å². The molecule has 3 rings (SSSR count). The van der Waals surface area contributed by atoms with Gasteiger partial charge >= 0.3 is 0 Å². The molecule has 0 aliphatic rings. The van der Waals surface area contributed by atoms with Crippen molar-refractivity contribution >= 4 is 11.9 Å². The smallest absolute Gasteiger partial charge is 0.0665 e. The minimum absolute atomic E-state index is 0.872. The van der Waals surface area contributed by atoms with Crippen molar-refractivity contribution in [1.29, 1.82) is 0 Å². The SMILES string of the molecule is C(=N/C(=C\Cc1ccccc1)c1ccccc1)c1ccccc1. The van der Waals surface area contributed by atoms with Crippen LogP contribution in [0.4, 0.5) is 0 Å². The molecule has 0 saturated heterocycles. The van der Waals surface area contributed by atoms with E-state index in [1.165, 1.54) is 5.56 Å². The first-order valence-corrected chi connectivity index (χ1v) is 7.80. The molecule has 3 aromatic carbocycles. The molecule has 1 nitrogen and oxygen atoms in total. The Bertz CT molecular complexity index is 772. The van der Waals surface area contributed by atoms with Gasteiger partial charge in [-0.1, -0.05) is 97.1 Å². The summed E-state index contributed by atoms with van der Waals surface area (Å²) in [6, 6.07) is 30.9. The Morgan fingerprint density at radius 3 is 1.91 bits per heavy atom. The van der Waals surface area contributed by atoms with Crippen molar-refractivity contribution in [2.24, 2.45) is 4.99 Å². The zero-order valence-corrected chi connectivity index (χ0v) is 13.0. The number of aliphatic imine (C=N–C) groups is 1. The molecule has 0 saturated carbocycles. The normalized spacial score (nSPS) is 11.7. The minimum Gasteiger partial charge on any atom is -0.256 e. The van der Waals surface area contributed by atoms with Crippen molar-refractivity contribution in [1.82, 2.24) is 0 Å². The van der Waals surface area contributed by atoms with Crippen molar-refractivity contribution in [2.45, 2.75) is 6.42 Å². The van der Waals surface area contributed by atoms with Gasteiger partial charge in [-0.25, -0.2) is 0 Å². The fourth-order valence-corrected chi connectivity index (χ4v) is 2.37. The van der Waals surface area contributed by atoms with Gasteiger partial charge in [0.15, 0.2) is 0 Å². The van der Waals surface area contributed by atoms with Crippen LogP contribution in [0.3, 0.4) is 0 Å². The summed E-state index contributed by atoms with van der Waals surface area (Å²) < 4.78 is 0. The summed E-state index contributed by atoms with van der Waals surface area (Å²) >= 11 is 0. The second kappa shape index (κ2) is 7.90. The lowest BCUT2D eigenvalue weighted by atomic mass is 10.1. The second-order valence-corrected chi connectivity index (χ2v) is 5.31. The molecule has 0 aliphatic carbocycles. The molecule has 0 atom stereocenters. The Kier molecular flexibility index (Phi) is 5.15. The highest BCUT2D eigenvalue weighted by Crippen LogP contribution is 2.17.